The van der Waals surface area contributed by atoms with Gasteiger partial charge in [-0.1, -0.05) is 0 Å². The predicted molar refractivity (Wildman–Crippen MR) is 74.1 cm³/mol. The zero-order valence-corrected chi connectivity index (χ0v) is 11.7. The number of aryl methyl sites for hydroxylation is 2. The summed E-state index contributed by atoms with van der Waals surface area (Å²) in [5.41, 5.74) is 3.20. The molecule has 0 aliphatic heterocycles. The molecule has 0 unspecified atom stereocenters. The Bertz CT molecular complexity index is 536. The largest absolute Gasteiger partial charge is 0.497 e. The first-order valence-corrected chi connectivity index (χ1v) is 6.38. The summed E-state index contributed by atoms with van der Waals surface area (Å²) in [7, 11) is 3.64. The summed E-state index contributed by atoms with van der Waals surface area (Å²) in [6, 6.07) is 5.93. The van der Waals surface area contributed by atoms with E-state index in [2.05, 4.69) is 15.4 Å². The highest BCUT2D eigenvalue weighted by molar-refractivity contribution is 5.26. The van der Waals surface area contributed by atoms with Crippen LogP contribution in [0.5, 0.6) is 5.75 Å². The van der Waals surface area contributed by atoms with Crippen LogP contribution in [-0.2, 0) is 20.0 Å². The normalized spacial score (nSPS) is 10.7. The van der Waals surface area contributed by atoms with E-state index in [9.17, 15) is 0 Å². The number of ether oxygens (including phenoxy) is 1. The molecule has 0 saturated heterocycles. The SMILES string of the molecule is COc1cc(C)nc(CNCCc2ccnn2C)c1. The molecule has 5 nitrogen and oxygen atoms in total. The molecule has 0 spiro atoms. The number of pyridine rings is 1. The molecule has 2 aromatic rings. The number of nitrogens with one attached hydrogen (secondary N) is 1. The van der Waals surface area contributed by atoms with Gasteiger partial charge in [-0.15, -0.1) is 0 Å². The van der Waals surface area contributed by atoms with E-state index in [0.717, 1.165) is 36.6 Å². The first-order chi connectivity index (χ1) is 9.19. The zero-order chi connectivity index (χ0) is 13.7. The van der Waals surface area contributed by atoms with Gasteiger partial charge < -0.3 is 10.1 Å². The number of aromatic nitrogens is 3. The van der Waals surface area contributed by atoms with Crippen LogP contribution in [0.2, 0.25) is 0 Å². The molecule has 2 aromatic heterocycles. The third-order valence-electron chi connectivity index (χ3n) is 3.00. The van der Waals surface area contributed by atoms with E-state index >= 15 is 0 Å². The third-order valence-corrected chi connectivity index (χ3v) is 3.00. The van der Waals surface area contributed by atoms with Gasteiger partial charge >= 0.3 is 0 Å². The van der Waals surface area contributed by atoms with Gasteiger partial charge in [0.1, 0.15) is 5.75 Å². The van der Waals surface area contributed by atoms with Crippen molar-refractivity contribution >= 4 is 0 Å². The maximum absolute atomic E-state index is 5.24. The van der Waals surface area contributed by atoms with Crippen LogP contribution in [0, 0.1) is 6.92 Å². The van der Waals surface area contributed by atoms with Gasteiger partial charge in [-0.3, -0.25) is 9.67 Å². The Morgan fingerprint density at radius 2 is 2.21 bits per heavy atom. The summed E-state index contributed by atoms with van der Waals surface area (Å²) in [6.07, 6.45) is 2.78. The van der Waals surface area contributed by atoms with E-state index in [-0.39, 0.29) is 0 Å². The number of hydrogen-bond acceptors (Lipinski definition) is 4. The summed E-state index contributed by atoms with van der Waals surface area (Å²) in [6.45, 7) is 3.62. The van der Waals surface area contributed by atoms with Gasteiger partial charge in [0.15, 0.2) is 0 Å². The first-order valence-electron chi connectivity index (χ1n) is 6.38. The highest BCUT2D eigenvalue weighted by atomic mass is 16.5. The van der Waals surface area contributed by atoms with E-state index in [4.69, 9.17) is 4.74 Å². The van der Waals surface area contributed by atoms with Crippen LogP contribution < -0.4 is 10.1 Å². The molecular weight excluding hydrogens is 240 g/mol. The molecule has 2 rings (SSSR count). The van der Waals surface area contributed by atoms with E-state index in [0.29, 0.717) is 0 Å². The van der Waals surface area contributed by atoms with Crippen LogP contribution in [0.4, 0.5) is 0 Å². The molecule has 2 heterocycles. The van der Waals surface area contributed by atoms with Gasteiger partial charge in [0.05, 0.1) is 12.8 Å². The molecular formula is C14H20N4O. The molecule has 0 bridgehead atoms. The van der Waals surface area contributed by atoms with Crippen LogP contribution >= 0.6 is 0 Å². The van der Waals surface area contributed by atoms with Crippen molar-refractivity contribution in [2.75, 3.05) is 13.7 Å². The summed E-state index contributed by atoms with van der Waals surface area (Å²) in [4.78, 5) is 4.47. The molecule has 0 fully saturated rings. The lowest BCUT2D eigenvalue weighted by atomic mass is 10.2. The molecule has 102 valence electrons. The van der Waals surface area contributed by atoms with Crippen molar-refractivity contribution in [2.24, 2.45) is 7.05 Å². The lowest BCUT2D eigenvalue weighted by Crippen LogP contribution is -2.18. The maximum atomic E-state index is 5.24. The predicted octanol–water partition coefficient (Wildman–Crippen LogP) is 1.46. The summed E-state index contributed by atoms with van der Waals surface area (Å²) >= 11 is 0. The van der Waals surface area contributed by atoms with Gasteiger partial charge in [-0.25, -0.2) is 0 Å². The van der Waals surface area contributed by atoms with Gasteiger partial charge in [0, 0.05) is 56.3 Å². The fourth-order valence-electron chi connectivity index (χ4n) is 1.99. The quantitative estimate of drug-likeness (QED) is 0.799. The zero-order valence-electron chi connectivity index (χ0n) is 11.7. The van der Waals surface area contributed by atoms with Gasteiger partial charge in [0.25, 0.3) is 0 Å². The fraction of sp³-hybridized carbons (Fsp3) is 0.429. The van der Waals surface area contributed by atoms with Gasteiger partial charge in [-0.2, -0.15) is 5.10 Å². The van der Waals surface area contributed by atoms with Crippen molar-refractivity contribution in [2.45, 2.75) is 19.9 Å². The van der Waals surface area contributed by atoms with Crippen LogP contribution in [0.25, 0.3) is 0 Å². The molecule has 0 aliphatic rings. The Labute approximate surface area is 113 Å². The Kier molecular flexibility index (Phi) is 4.52. The van der Waals surface area contributed by atoms with Crippen LogP contribution in [0.15, 0.2) is 24.4 Å². The molecule has 0 aromatic carbocycles. The van der Waals surface area contributed by atoms with E-state index < -0.39 is 0 Å². The lowest BCUT2D eigenvalue weighted by molar-refractivity contribution is 0.412. The Hall–Kier alpha value is -1.88. The molecule has 0 radical (unpaired) electrons. The molecule has 1 N–H and O–H groups in total. The summed E-state index contributed by atoms with van der Waals surface area (Å²) in [5, 5.41) is 7.53. The summed E-state index contributed by atoms with van der Waals surface area (Å²) < 4.78 is 7.14. The standard InChI is InChI=1S/C14H20N4O/c1-11-8-14(19-3)9-12(17-11)10-15-6-4-13-5-7-16-18(13)2/h5,7-9,15H,4,6,10H2,1-3H3. The molecule has 0 atom stereocenters. The topological polar surface area (TPSA) is 52.0 Å². The molecule has 0 amide bonds. The monoisotopic (exact) mass is 260 g/mol. The highest BCUT2D eigenvalue weighted by Crippen LogP contribution is 2.12. The van der Waals surface area contributed by atoms with Crippen LogP contribution in [-0.4, -0.2) is 28.4 Å². The average molecular weight is 260 g/mol. The third kappa shape index (κ3) is 3.79. The van der Waals surface area contributed by atoms with Gasteiger partial charge in [0.2, 0.25) is 0 Å². The molecule has 5 heteroatoms. The van der Waals surface area contributed by atoms with E-state index in [1.165, 1.54) is 5.69 Å². The van der Waals surface area contributed by atoms with E-state index in [1.807, 2.05) is 43.0 Å². The summed E-state index contributed by atoms with van der Waals surface area (Å²) in [5.74, 6) is 0.857. The highest BCUT2D eigenvalue weighted by Gasteiger charge is 2.01. The second kappa shape index (κ2) is 6.33. The number of methoxy groups -OCH3 is 1. The van der Waals surface area contributed by atoms with Crippen LogP contribution in [0.1, 0.15) is 17.1 Å². The Balaban J connectivity index is 1.82. The second-order valence-electron chi connectivity index (χ2n) is 4.51. The molecule has 0 aliphatic carbocycles. The minimum atomic E-state index is 0.746. The fourth-order valence-corrected chi connectivity index (χ4v) is 1.99. The van der Waals surface area contributed by atoms with Crippen molar-refractivity contribution in [3.8, 4) is 5.75 Å². The van der Waals surface area contributed by atoms with Gasteiger partial charge in [-0.05, 0) is 13.0 Å². The molecule has 19 heavy (non-hydrogen) atoms. The second-order valence-corrected chi connectivity index (χ2v) is 4.51. The van der Waals surface area contributed by atoms with Crippen molar-refractivity contribution in [1.82, 2.24) is 20.1 Å². The lowest BCUT2D eigenvalue weighted by Gasteiger charge is -2.07. The van der Waals surface area contributed by atoms with Crippen molar-refractivity contribution in [3.63, 3.8) is 0 Å². The number of rotatable bonds is 6. The van der Waals surface area contributed by atoms with Crippen molar-refractivity contribution in [3.05, 3.63) is 41.5 Å². The smallest absolute Gasteiger partial charge is 0.122 e. The van der Waals surface area contributed by atoms with Crippen LogP contribution in [0.3, 0.4) is 0 Å². The average Bonchev–Trinajstić information content (AvgIpc) is 2.80. The van der Waals surface area contributed by atoms with Crippen molar-refractivity contribution < 1.29 is 4.74 Å². The van der Waals surface area contributed by atoms with Crippen molar-refractivity contribution in [1.29, 1.82) is 0 Å². The number of nitrogens with zero attached hydrogens (tertiary/aromatic N) is 3. The minimum absolute atomic E-state index is 0.746. The minimum Gasteiger partial charge on any atom is -0.497 e. The Morgan fingerprint density at radius 3 is 2.89 bits per heavy atom. The molecule has 0 saturated carbocycles. The maximum Gasteiger partial charge on any atom is 0.122 e. The van der Waals surface area contributed by atoms with E-state index in [1.54, 1.807) is 7.11 Å². The Morgan fingerprint density at radius 1 is 1.37 bits per heavy atom. The number of hydrogen-bond donors (Lipinski definition) is 1. The first kappa shape index (κ1) is 13.5.